The molecule has 0 heterocycles. The number of hydrogen-bond acceptors (Lipinski definition) is 6. The molecule has 154 valence electrons. The van der Waals surface area contributed by atoms with Gasteiger partial charge in [-0.25, -0.2) is 0 Å². The van der Waals surface area contributed by atoms with E-state index in [4.69, 9.17) is 9.11 Å². The molecule has 0 fully saturated rings. The molecule has 0 radical (unpaired) electrons. The summed E-state index contributed by atoms with van der Waals surface area (Å²) in [7, 11) is -8.46. The molecule has 0 spiro atoms. The minimum Gasteiger partial charge on any atom is -0.282 e. The quantitative estimate of drug-likeness (QED) is 0.440. The summed E-state index contributed by atoms with van der Waals surface area (Å²) in [6.07, 6.45) is 3.22. The van der Waals surface area contributed by atoms with Crippen molar-refractivity contribution in [3.8, 4) is 0 Å². The lowest BCUT2D eigenvalue weighted by atomic mass is 10.1. The average Bonchev–Trinajstić information content (AvgIpc) is 2.71. The number of rotatable bonds is 6. The van der Waals surface area contributed by atoms with Crippen molar-refractivity contribution in [1.82, 2.24) is 0 Å². The van der Waals surface area contributed by atoms with E-state index in [0.717, 1.165) is 11.1 Å². The molecular formula is C20H16N2O6S2. The SMILES string of the molecule is O=S(=O)(O)c1ccc(N=Cc2ccc(C=Nc3ccc(S(=O)(=O)O)cc3)cc2)cc1. The van der Waals surface area contributed by atoms with E-state index in [1.165, 1.54) is 48.5 Å². The second-order valence-electron chi connectivity index (χ2n) is 6.12. The van der Waals surface area contributed by atoms with E-state index in [-0.39, 0.29) is 9.79 Å². The van der Waals surface area contributed by atoms with Crippen molar-refractivity contribution in [2.75, 3.05) is 0 Å². The Hall–Kier alpha value is -3.18. The molecule has 0 aromatic heterocycles. The highest BCUT2D eigenvalue weighted by Gasteiger charge is 2.08. The molecule has 0 amide bonds. The standard InChI is InChI=1S/C20H16N2O6S2/c23-29(24,25)19-9-5-17(6-10-19)21-13-15-1-2-16(4-3-15)14-22-18-7-11-20(12-8-18)30(26,27)28/h1-14H,(H,23,24,25)(H,26,27,28). The Morgan fingerprint density at radius 1 is 0.533 bits per heavy atom. The van der Waals surface area contributed by atoms with Gasteiger partial charge in [0.1, 0.15) is 0 Å². The van der Waals surface area contributed by atoms with Crippen LogP contribution >= 0.6 is 0 Å². The number of nitrogens with zero attached hydrogens (tertiary/aromatic N) is 2. The first kappa shape index (κ1) is 21.5. The van der Waals surface area contributed by atoms with Gasteiger partial charge in [0.25, 0.3) is 20.2 Å². The van der Waals surface area contributed by atoms with Crippen molar-refractivity contribution in [2.24, 2.45) is 9.98 Å². The summed E-state index contributed by atoms with van der Waals surface area (Å²) in [5.74, 6) is 0. The Balaban J connectivity index is 1.66. The van der Waals surface area contributed by atoms with Crippen LogP contribution in [-0.2, 0) is 20.2 Å². The first-order valence-corrected chi connectivity index (χ1v) is 11.3. The predicted octanol–water partition coefficient (Wildman–Crippen LogP) is 3.68. The monoisotopic (exact) mass is 444 g/mol. The van der Waals surface area contributed by atoms with Gasteiger partial charge in [0, 0.05) is 12.4 Å². The van der Waals surface area contributed by atoms with Crippen molar-refractivity contribution in [3.63, 3.8) is 0 Å². The molecule has 0 saturated heterocycles. The third kappa shape index (κ3) is 5.91. The lowest BCUT2D eigenvalue weighted by Crippen LogP contribution is -1.96. The van der Waals surface area contributed by atoms with E-state index in [1.807, 2.05) is 24.3 Å². The molecular weight excluding hydrogens is 428 g/mol. The van der Waals surface area contributed by atoms with Crippen molar-refractivity contribution in [3.05, 3.63) is 83.9 Å². The minimum atomic E-state index is -4.23. The normalized spacial score (nSPS) is 12.6. The van der Waals surface area contributed by atoms with E-state index in [1.54, 1.807) is 12.4 Å². The minimum absolute atomic E-state index is 0.197. The third-order valence-corrected chi connectivity index (χ3v) is 5.67. The van der Waals surface area contributed by atoms with Gasteiger partial charge in [0.05, 0.1) is 21.2 Å². The molecule has 3 rings (SSSR count). The summed E-state index contributed by atoms with van der Waals surface area (Å²) in [6, 6.07) is 18.3. The zero-order valence-corrected chi connectivity index (χ0v) is 17.0. The van der Waals surface area contributed by atoms with Gasteiger partial charge >= 0.3 is 0 Å². The van der Waals surface area contributed by atoms with Crippen LogP contribution in [0.5, 0.6) is 0 Å². The highest BCUT2D eigenvalue weighted by Crippen LogP contribution is 2.17. The summed E-state index contributed by atoms with van der Waals surface area (Å²) in [5.41, 5.74) is 2.68. The Kier molecular flexibility index (Phi) is 6.22. The van der Waals surface area contributed by atoms with Gasteiger partial charge < -0.3 is 0 Å². The molecule has 0 bridgehead atoms. The summed E-state index contributed by atoms with van der Waals surface area (Å²) in [6.45, 7) is 0. The molecule has 8 nitrogen and oxygen atoms in total. The molecule has 0 aliphatic rings. The van der Waals surface area contributed by atoms with Crippen LogP contribution in [-0.4, -0.2) is 38.4 Å². The fourth-order valence-electron chi connectivity index (χ4n) is 2.37. The maximum absolute atomic E-state index is 11.0. The summed E-state index contributed by atoms with van der Waals surface area (Å²) in [4.78, 5) is 8.10. The van der Waals surface area contributed by atoms with Gasteiger partial charge in [-0.1, -0.05) is 24.3 Å². The number of hydrogen-bond donors (Lipinski definition) is 2. The number of aliphatic imine (C=N–C) groups is 2. The van der Waals surface area contributed by atoms with Crippen LogP contribution in [0, 0.1) is 0 Å². The van der Waals surface area contributed by atoms with Gasteiger partial charge in [-0.2, -0.15) is 16.8 Å². The van der Waals surface area contributed by atoms with E-state index >= 15 is 0 Å². The second-order valence-corrected chi connectivity index (χ2v) is 8.96. The first-order valence-electron chi connectivity index (χ1n) is 8.45. The van der Waals surface area contributed by atoms with Crippen LogP contribution in [0.3, 0.4) is 0 Å². The molecule has 0 atom stereocenters. The van der Waals surface area contributed by atoms with Crippen molar-refractivity contribution < 1.29 is 25.9 Å². The molecule has 0 unspecified atom stereocenters. The Morgan fingerprint density at radius 2 is 0.833 bits per heavy atom. The fourth-order valence-corrected chi connectivity index (χ4v) is 3.33. The van der Waals surface area contributed by atoms with E-state index in [0.29, 0.717) is 11.4 Å². The van der Waals surface area contributed by atoms with Gasteiger partial charge in [0.15, 0.2) is 0 Å². The molecule has 0 aliphatic carbocycles. The van der Waals surface area contributed by atoms with E-state index in [2.05, 4.69) is 9.98 Å². The molecule has 10 heteroatoms. The van der Waals surface area contributed by atoms with Gasteiger partial charge in [-0.3, -0.25) is 19.1 Å². The Bertz CT molecular complexity index is 1190. The molecule has 0 saturated carbocycles. The molecule has 0 aliphatic heterocycles. The zero-order valence-electron chi connectivity index (χ0n) is 15.3. The second kappa shape index (κ2) is 8.67. The van der Waals surface area contributed by atoms with Crippen LogP contribution in [0.15, 0.2) is 92.6 Å². The lowest BCUT2D eigenvalue weighted by Gasteiger charge is -1.99. The highest BCUT2D eigenvalue weighted by molar-refractivity contribution is 7.86. The topological polar surface area (TPSA) is 133 Å². The first-order chi connectivity index (χ1) is 14.1. The predicted molar refractivity (Wildman–Crippen MR) is 113 cm³/mol. The van der Waals surface area contributed by atoms with Crippen LogP contribution < -0.4 is 0 Å². The lowest BCUT2D eigenvalue weighted by molar-refractivity contribution is 0.481. The van der Waals surface area contributed by atoms with E-state index < -0.39 is 20.2 Å². The summed E-state index contributed by atoms with van der Waals surface area (Å²) < 4.78 is 62.0. The highest BCUT2D eigenvalue weighted by atomic mass is 32.2. The molecule has 3 aromatic rings. The molecule has 2 N–H and O–H groups in total. The molecule has 3 aromatic carbocycles. The summed E-state index contributed by atoms with van der Waals surface area (Å²) in [5, 5.41) is 0. The van der Waals surface area contributed by atoms with Crippen LogP contribution in [0.25, 0.3) is 0 Å². The zero-order chi connectivity index (χ0) is 21.8. The largest absolute Gasteiger partial charge is 0.294 e. The van der Waals surface area contributed by atoms with Crippen LogP contribution in [0.2, 0.25) is 0 Å². The van der Waals surface area contributed by atoms with E-state index in [9.17, 15) is 16.8 Å². The third-order valence-electron chi connectivity index (χ3n) is 3.93. The van der Waals surface area contributed by atoms with Gasteiger partial charge in [-0.15, -0.1) is 0 Å². The Labute approximate surface area is 173 Å². The fraction of sp³-hybridized carbons (Fsp3) is 0. The van der Waals surface area contributed by atoms with Crippen molar-refractivity contribution in [1.29, 1.82) is 0 Å². The van der Waals surface area contributed by atoms with Crippen molar-refractivity contribution in [2.45, 2.75) is 9.79 Å². The van der Waals surface area contributed by atoms with Gasteiger partial charge in [0.2, 0.25) is 0 Å². The van der Waals surface area contributed by atoms with Crippen LogP contribution in [0.1, 0.15) is 11.1 Å². The van der Waals surface area contributed by atoms with Gasteiger partial charge in [-0.05, 0) is 59.7 Å². The smallest absolute Gasteiger partial charge is 0.282 e. The average molecular weight is 444 g/mol. The maximum Gasteiger partial charge on any atom is 0.294 e. The van der Waals surface area contributed by atoms with Crippen molar-refractivity contribution >= 4 is 44.0 Å². The number of benzene rings is 3. The summed E-state index contributed by atoms with van der Waals surface area (Å²) >= 11 is 0. The molecule has 30 heavy (non-hydrogen) atoms. The maximum atomic E-state index is 11.0. The Morgan fingerprint density at radius 3 is 1.10 bits per heavy atom. The van der Waals surface area contributed by atoms with Crippen LogP contribution in [0.4, 0.5) is 11.4 Å².